The molecule has 1 aliphatic carbocycles. The predicted octanol–water partition coefficient (Wildman–Crippen LogP) is 4.83. The van der Waals surface area contributed by atoms with Crippen LogP contribution in [0.5, 0.6) is 0 Å². The van der Waals surface area contributed by atoms with Crippen LogP contribution < -0.4 is 10.2 Å². The Hall–Kier alpha value is -3.37. The molecule has 2 aromatic carbocycles. The van der Waals surface area contributed by atoms with Crippen molar-refractivity contribution in [3.63, 3.8) is 0 Å². The number of morpholine rings is 1. The Morgan fingerprint density at radius 2 is 1.67 bits per heavy atom. The van der Waals surface area contributed by atoms with Crippen LogP contribution in [0, 0.1) is 0 Å². The maximum Gasteiger partial charge on any atom is 0.296 e. The van der Waals surface area contributed by atoms with Gasteiger partial charge in [0, 0.05) is 23.7 Å². The average molecular weight is 512 g/mol. The highest BCUT2D eigenvalue weighted by atomic mass is 35.5. The minimum atomic E-state index is -2.80. The van der Waals surface area contributed by atoms with Gasteiger partial charge in [0.05, 0.1) is 24.2 Å². The molecule has 0 spiro atoms. The topological polar surface area (TPSA) is 81.0 Å². The fourth-order valence-electron chi connectivity index (χ4n) is 4.56. The van der Waals surface area contributed by atoms with E-state index in [4.69, 9.17) is 21.3 Å². The predicted molar refractivity (Wildman–Crippen MR) is 133 cm³/mol. The molecule has 2 fully saturated rings. The van der Waals surface area contributed by atoms with Crippen LogP contribution in [0.1, 0.15) is 30.7 Å². The van der Waals surface area contributed by atoms with E-state index in [2.05, 4.69) is 20.3 Å². The Labute approximate surface area is 211 Å². The second-order valence-corrected chi connectivity index (χ2v) is 9.53. The summed E-state index contributed by atoms with van der Waals surface area (Å²) in [6.45, 7) is 2.27. The van der Waals surface area contributed by atoms with E-state index in [0.29, 0.717) is 60.7 Å². The van der Waals surface area contributed by atoms with Crippen molar-refractivity contribution in [3.8, 4) is 5.95 Å². The molecule has 0 atom stereocenters. The third kappa shape index (κ3) is 4.46. The van der Waals surface area contributed by atoms with Crippen LogP contribution in [0.25, 0.3) is 17.0 Å². The lowest BCUT2D eigenvalue weighted by Gasteiger charge is -2.27. The molecule has 0 amide bonds. The first-order chi connectivity index (χ1) is 17.5. The smallest absolute Gasteiger partial charge is 0.296 e. The maximum absolute atomic E-state index is 14.1. The Kier molecular flexibility index (Phi) is 5.93. The molecule has 2 aliphatic rings. The van der Waals surface area contributed by atoms with Crippen molar-refractivity contribution in [1.82, 2.24) is 24.5 Å². The van der Waals surface area contributed by atoms with Gasteiger partial charge in [0.15, 0.2) is 5.82 Å². The van der Waals surface area contributed by atoms with Crippen molar-refractivity contribution >= 4 is 34.5 Å². The monoisotopic (exact) mass is 511 g/mol. The standard InChI is InChI=1S/C25H24ClF2N7O/c26-17-6-2-1-5-16(17)15-25(9-10-25)33-22-30-23(34-11-13-36-14-12-34)32-24(31-22)35-19-8-4-3-7-18(19)29-21(35)20(27)28/h1-8,20H,9-15H2,(H,30,31,32,33). The molecule has 8 nitrogen and oxygen atoms in total. The van der Waals surface area contributed by atoms with Crippen LogP contribution in [0.3, 0.4) is 0 Å². The molecule has 0 bridgehead atoms. The van der Waals surface area contributed by atoms with E-state index < -0.39 is 12.2 Å². The van der Waals surface area contributed by atoms with Crippen LogP contribution in [0.15, 0.2) is 48.5 Å². The van der Waals surface area contributed by atoms with Gasteiger partial charge in [0.1, 0.15) is 0 Å². The maximum atomic E-state index is 14.1. The van der Waals surface area contributed by atoms with Gasteiger partial charge in [-0.25, -0.2) is 13.8 Å². The third-order valence-electron chi connectivity index (χ3n) is 6.60. The first kappa shape index (κ1) is 23.1. The molecule has 0 radical (unpaired) electrons. The summed E-state index contributed by atoms with van der Waals surface area (Å²) in [6.07, 6.45) is -0.255. The van der Waals surface area contributed by atoms with Gasteiger partial charge in [-0.05, 0) is 43.0 Å². The Balaban J connectivity index is 1.43. The molecular weight excluding hydrogens is 488 g/mol. The molecule has 3 heterocycles. The van der Waals surface area contributed by atoms with E-state index in [1.54, 1.807) is 24.3 Å². The molecule has 6 rings (SSSR count). The van der Waals surface area contributed by atoms with E-state index in [9.17, 15) is 8.78 Å². The van der Waals surface area contributed by atoms with Crippen molar-refractivity contribution in [2.45, 2.75) is 31.2 Å². The first-order valence-corrected chi connectivity index (χ1v) is 12.3. The number of imidazole rings is 1. The lowest BCUT2D eigenvalue weighted by Crippen LogP contribution is -2.38. The molecule has 1 aliphatic heterocycles. The number of alkyl halides is 2. The number of benzene rings is 2. The zero-order valence-electron chi connectivity index (χ0n) is 19.4. The summed E-state index contributed by atoms with van der Waals surface area (Å²) in [5.74, 6) is 0.450. The van der Waals surface area contributed by atoms with Crippen LogP contribution in [-0.4, -0.2) is 56.3 Å². The fraction of sp³-hybridized carbons (Fsp3) is 0.360. The number of hydrogen-bond donors (Lipinski definition) is 1. The molecular formula is C25H24ClF2N7O. The van der Waals surface area contributed by atoms with Crippen LogP contribution in [-0.2, 0) is 11.2 Å². The van der Waals surface area contributed by atoms with Gasteiger partial charge >= 0.3 is 0 Å². The van der Waals surface area contributed by atoms with Crippen molar-refractivity contribution in [2.75, 3.05) is 36.5 Å². The molecule has 1 N–H and O–H groups in total. The molecule has 11 heteroatoms. The van der Waals surface area contributed by atoms with Gasteiger partial charge < -0.3 is 15.0 Å². The summed E-state index contributed by atoms with van der Waals surface area (Å²) in [5.41, 5.74) is 1.74. The van der Waals surface area contributed by atoms with E-state index in [1.807, 2.05) is 29.2 Å². The van der Waals surface area contributed by atoms with Crippen LogP contribution in [0.2, 0.25) is 5.02 Å². The number of anilines is 2. The third-order valence-corrected chi connectivity index (χ3v) is 6.97. The lowest BCUT2D eigenvalue weighted by molar-refractivity contribution is 0.122. The Morgan fingerprint density at radius 1 is 0.944 bits per heavy atom. The minimum Gasteiger partial charge on any atom is -0.378 e. The second-order valence-electron chi connectivity index (χ2n) is 9.13. The molecule has 1 saturated carbocycles. The average Bonchev–Trinajstić information content (AvgIpc) is 3.52. The van der Waals surface area contributed by atoms with Crippen molar-refractivity contribution in [1.29, 1.82) is 0 Å². The van der Waals surface area contributed by atoms with E-state index in [-0.39, 0.29) is 11.5 Å². The van der Waals surface area contributed by atoms with Gasteiger partial charge in [-0.3, -0.25) is 4.57 Å². The second kappa shape index (κ2) is 9.25. The van der Waals surface area contributed by atoms with Crippen molar-refractivity contribution < 1.29 is 13.5 Å². The van der Waals surface area contributed by atoms with Gasteiger partial charge in [-0.15, -0.1) is 0 Å². The fourth-order valence-corrected chi connectivity index (χ4v) is 4.76. The first-order valence-electron chi connectivity index (χ1n) is 11.9. The van der Waals surface area contributed by atoms with Gasteiger partial charge in [-0.2, -0.15) is 15.0 Å². The number of aromatic nitrogens is 5. The molecule has 4 aromatic rings. The number of fused-ring (bicyclic) bond motifs is 1. The number of nitrogens with one attached hydrogen (secondary N) is 1. The zero-order chi connectivity index (χ0) is 24.7. The number of ether oxygens (including phenoxy) is 1. The summed E-state index contributed by atoms with van der Waals surface area (Å²) in [5, 5.41) is 4.19. The summed E-state index contributed by atoms with van der Waals surface area (Å²) >= 11 is 6.41. The lowest BCUT2D eigenvalue weighted by atomic mass is 10.0. The molecule has 36 heavy (non-hydrogen) atoms. The van der Waals surface area contributed by atoms with Crippen molar-refractivity contribution in [2.24, 2.45) is 0 Å². The summed E-state index contributed by atoms with van der Waals surface area (Å²) in [6, 6.07) is 14.7. The number of hydrogen-bond acceptors (Lipinski definition) is 7. The SMILES string of the molecule is FC(F)c1nc2ccccc2n1-c1nc(NC2(Cc3ccccc3Cl)CC2)nc(N2CCOCC2)n1. The Bertz CT molecular complexity index is 1400. The molecule has 2 aromatic heterocycles. The highest BCUT2D eigenvalue weighted by molar-refractivity contribution is 6.31. The van der Waals surface area contributed by atoms with Crippen LogP contribution in [0.4, 0.5) is 20.7 Å². The summed E-state index contributed by atoms with van der Waals surface area (Å²) in [4.78, 5) is 20.1. The largest absolute Gasteiger partial charge is 0.378 e. The minimum absolute atomic E-state index is 0.103. The molecule has 0 unspecified atom stereocenters. The molecule has 1 saturated heterocycles. The van der Waals surface area contributed by atoms with Crippen LogP contribution >= 0.6 is 11.6 Å². The van der Waals surface area contributed by atoms with Gasteiger partial charge in [0.25, 0.3) is 6.43 Å². The van der Waals surface area contributed by atoms with E-state index in [1.165, 1.54) is 4.57 Å². The highest BCUT2D eigenvalue weighted by Crippen LogP contribution is 2.42. The highest BCUT2D eigenvalue weighted by Gasteiger charge is 2.44. The molecule has 186 valence electrons. The summed E-state index contributed by atoms with van der Waals surface area (Å²) in [7, 11) is 0. The Morgan fingerprint density at radius 3 is 2.42 bits per heavy atom. The number of rotatable bonds is 7. The zero-order valence-corrected chi connectivity index (χ0v) is 20.1. The van der Waals surface area contributed by atoms with Gasteiger partial charge in [-0.1, -0.05) is 41.9 Å². The quantitative estimate of drug-likeness (QED) is 0.381. The van der Waals surface area contributed by atoms with Crippen molar-refractivity contribution in [3.05, 3.63) is 64.9 Å². The number of para-hydroxylation sites is 2. The number of halogens is 3. The van der Waals surface area contributed by atoms with E-state index >= 15 is 0 Å². The summed E-state index contributed by atoms with van der Waals surface area (Å²) < 4.78 is 34.9. The van der Waals surface area contributed by atoms with Gasteiger partial charge in [0.2, 0.25) is 17.8 Å². The number of nitrogens with zero attached hydrogens (tertiary/aromatic N) is 6. The normalized spacial score (nSPS) is 17.1. The van der Waals surface area contributed by atoms with E-state index in [0.717, 1.165) is 18.4 Å².